The average molecular weight is 532 g/mol. The molecule has 4 aromatic rings. The Bertz CT molecular complexity index is 1460. The lowest BCUT2D eigenvalue weighted by Crippen LogP contribution is -2.39. The lowest BCUT2D eigenvalue weighted by molar-refractivity contribution is -0.122. The molecule has 0 unspecified atom stereocenters. The van der Waals surface area contributed by atoms with Crippen molar-refractivity contribution in [2.24, 2.45) is 0 Å². The lowest BCUT2D eigenvalue weighted by atomic mass is 10.1. The Morgan fingerprint density at radius 3 is 2.49 bits per heavy atom. The number of anilines is 1. The Morgan fingerprint density at radius 1 is 1.11 bits per heavy atom. The smallest absolute Gasteiger partial charge is 0.272 e. The molecule has 0 aliphatic carbocycles. The number of aryl methyl sites for hydroxylation is 1. The zero-order chi connectivity index (χ0) is 25.2. The maximum absolute atomic E-state index is 12.9. The van der Waals surface area contributed by atoms with Crippen LogP contribution < -0.4 is 15.4 Å². The van der Waals surface area contributed by atoms with Crippen LogP contribution in [0.1, 0.15) is 23.6 Å². The number of aromatic nitrogens is 2. The van der Waals surface area contributed by atoms with E-state index in [9.17, 15) is 13.2 Å². The normalized spacial score (nSPS) is 12.6. The topological polar surface area (TPSA) is 105 Å². The van der Waals surface area contributed by atoms with Crippen LogP contribution in [0.2, 0.25) is 4.34 Å². The molecule has 4 rings (SSSR count). The average Bonchev–Trinajstić information content (AvgIpc) is 3.42. The van der Waals surface area contributed by atoms with E-state index in [1.807, 2.05) is 49.4 Å². The second-order valence-corrected chi connectivity index (χ2v) is 11.8. The van der Waals surface area contributed by atoms with Crippen LogP contribution in [0, 0.1) is 6.92 Å². The van der Waals surface area contributed by atoms with E-state index in [0.717, 1.165) is 38.9 Å². The first-order valence-electron chi connectivity index (χ1n) is 10.9. The van der Waals surface area contributed by atoms with Crippen molar-refractivity contribution in [3.63, 3.8) is 0 Å². The van der Waals surface area contributed by atoms with Crippen molar-refractivity contribution in [1.29, 1.82) is 0 Å². The van der Waals surface area contributed by atoms with Crippen LogP contribution in [-0.2, 0) is 27.9 Å². The van der Waals surface area contributed by atoms with Crippen molar-refractivity contribution < 1.29 is 13.2 Å². The highest BCUT2D eigenvalue weighted by Crippen LogP contribution is 2.31. The number of nitrogens with zero attached hydrogens (tertiary/aromatic N) is 2. The molecule has 0 radical (unpaired) electrons. The van der Waals surface area contributed by atoms with Gasteiger partial charge < -0.3 is 10.6 Å². The van der Waals surface area contributed by atoms with Gasteiger partial charge in [-0.1, -0.05) is 48.0 Å². The van der Waals surface area contributed by atoms with E-state index in [-0.39, 0.29) is 22.0 Å². The van der Waals surface area contributed by atoms with E-state index in [1.165, 1.54) is 6.07 Å². The zero-order valence-corrected chi connectivity index (χ0v) is 21.9. The molecular weight excluding hydrogens is 506 g/mol. The number of halogens is 1. The second kappa shape index (κ2) is 10.4. The van der Waals surface area contributed by atoms with E-state index in [0.29, 0.717) is 17.4 Å². The van der Waals surface area contributed by atoms with Crippen LogP contribution in [0.4, 0.5) is 5.82 Å². The minimum absolute atomic E-state index is 0.0604. The number of sulfonamides is 1. The molecule has 0 bridgehead atoms. The minimum Gasteiger partial charge on any atom is -0.351 e. The summed E-state index contributed by atoms with van der Waals surface area (Å²) in [6, 6.07) is 16.4. The largest absolute Gasteiger partial charge is 0.351 e. The number of amides is 1. The van der Waals surface area contributed by atoms with Gasteiger partial charge in [0.25, 0.3) is 10.0 Å². The Morgan fingerprint density at radius 2 is 1.83 bits per heavy atom. The predicted octanol–water partition coefficient (Wildman–Crippen LogP) is 4.13. The summed E-state index contributed by atoms with van der Waals surface area (Å²) in [5, 5.41) is 11.2. The highest BCUT2D eigenvalue weighted by Gasteiger charge is 2.22. The van der Waals surface area contributed by atoms with E-state index in [4.69, 9.17) is 11.6 Å². The fourth-order valence-corrected chi connectivity index (χ4v) is 6.11. The maximum atomic E-state index is 12.9. The summed E-state index contributed by atoms with van der Waals surface area (Å²) >= 11 is 6.93. The molecule has 1 atom stereocenters. The Balaban J connectivity index is 1.56. The number of benzene rings is 2. The Kier molecular flexibility index (Phi) is 7.46. The number of fused-ring (bicyclic) bond motifs is 1. The van der Waals surface area contributed by atoms with Crippen molar-refractivity contribution >= 4 is 55.6 Å². The van der Waals surface area contributed by atoms with Crippen molar-refractivity contribution in [3.8, 4) is 0 Å². The summed E-state index contributed by atoms with van der Waals surface area (Å²) in [6.45, 7) is 4.62. The monoisotopic (exact) mass is 531 g/mol. The highest BCUT2D eigenvalue weighted by molar-refractivity contribution is 7.94. The molecule has 8 nitrogen and oxygen atoms in total. The molecule has 2 heterocycles. The van der Waals surface area contributed by atoms with Gasteiger partial charge in [0.1, 0.15) is 4.21 Å². The van der Waals surface area contributed by atoms with Crippen molar-refractivity contribution in [2.75, 3.05) is 11.8 Å². The van der Waals surface area contributed by atoms with Crippen molar-refractivity contribution in [2.45, 2.75) is 37.2 Å². The van der Waals surface area contributed by atoms with Crippen LogP contribution >= 0.6 is 22.9 Å². The van der Waals surface area contributed by atoms with E-state index in [2.05, 4.69) is 20.5 Å². The molecule has 2 aromatic carbocycles. The molecule has 184 valence electrons. The molecule has 35 heavy (non-hydrogen) atoms. The number of carbonyl (C=O) groups excluding carboxylic acids is 1. The first-order chi connectivity index (χ1) is 16.7. The zero-order valence-electron chi connectivity index (χ0n) is 19.5. The molecule has 0 saturated carbocycles. The van der Waals surface area contributed by atoms with Gasteiger partial charge in [-0.25, -0.2) is 8.42 Å². The number of thiophene rings is 1. The van der Waals surface area contributed by atoms with E-state index in [1.54, 1.807) is 24.7 Å². The fraction of sp³-hybridized carbons (Fsp3) is 0.250. The summed E-state index contributed by atoms with van der Waals surface area (Å²) in [5.41, 5.74) is 3.71. The van der Waals surface area contributed by atoms with Crippen molar-refractivity contribution in [3.05, 3.63) is 75.6 Å². The molecule has 3 N–H and O–H groups in total. The Hall–Kier alpha value is -2.92. The summed E-state index contributed by atoms with van der Waals surface area (Å²) in [4.78, 5) is 12.0. The molecular formula is C24H26ClN5O3S2. The van der Waals surface area contributed by atoms with Crippen molar-refractivity contribution in [1.82, 2.24) is 20.4 Å². The molecule has 0 spiro atoms. The van der Waals surface area contributed by atoms with Crippen LogP contribution in [0.3, 0.4) is 0 Å². The second-order valence-electron chi connectivity index (χ2n) is 8.18. The molecule has 11 heteroatoms. The van der Waals surface area contributed by atoms with Gasteiger partial charge in [-0.05, 0) is 55.8 Å². The third-order valence-electron chi connectivity index (χ3n) is 5.68. The minimum atomic E-state index is -3.82. The number of likely N-dealkylation sites (N-methyl/N-ethyl adjacent to an activating group) is 1. The fourth-order valence-electron chi connectivity index (χ4n) is 3.62. The highest BCUT2D eigenvalue weighted by atomic mass is 35.5. The van der Waals surface area contributed by atoms with E-state index < -0.39 is 10.0 Å². The quantitative estimate of drug-likeness (QED) is 0.301. The van der Waals surface area contributed by atoms with Crippen LogP contribution in [-0.4, -0.2) is 37.2 Å². The van der Waals surface area contributed by atoms with Gasteiger partial charge in [0, 0.05) is 11.9 Å². The SMILES string of the molecule is CN[C@H](C)C(=O)NCc1ccc(Cn2nc(NS(=O)(=O)c3ccc(Cl)s3)c3c(C)cccc32)cc1. The summed E-state index contributed by atoms with van der Waals surface area (Å²) in [5.74, 6) is 0.218. The number of carbonyl (C=O) groups is 1. The molecule has 0 aliphatic heterocycles. The predicted molar refractivity (Wildman–Crippen MR) is 141 cm³/mol. The van der Waals surface area contributed by atoms with Crippen LogP contribution in [0.25, 0.3) is 10.9 Å². The summed E-state index contributed by atoms with van der Waals surface area (Å²) in [6.07, 6.45) is 0. The number of rotatable bonds is 9. The van der Waals surface area contributed by atoms with Gasteiger partial charge in [-0.2, -0.15) is 5.10 Å². The lowest BCUT2D eigenvalue weighted by Gasteiger charge is -2.11. The standard InChI is InChI=1S/C24H26ClN5O3S2/c1-15-5-4-6-19-22(15)23(29-35(32,33)21-12-11-20(25)34-21)28-30(19)14-18-9-7-17(8-10-18)13-27-24(31)16(2)26-3/h4-12,16,26H,13-14H2,1-3H3,(H,27,31)(H,28,29)/t16-/m1/s1. The molecule has 2 aromatic heterocycles. The van der Waals surface area contributed by atoms with Gasteiger partial charge in [0.05, 0.1) is 22.4 Å². The van der Waals surface area contributed by atoms with Gasteiger partial charge >= 0.3 is 0 Å². The number of hydrogen-bond acceptors (Lipinski definition) is 6. The van der Waals surface area contributed by atoms with E-state index >= 15 is 0 Å². The Labute approximate surface area is 213 Å². The summed E-state index contributed by atoms with van der Waals surface area (Å²) < 4.78 is 30.8. The molecule has 1 amide bonds. The molecule has 0 saturated heterocycles. The first-order valence-corrected chi connectivity index (χ1v) is 13.6. The third-order valence-corrected chi connectivity index (χ3v) is 8.74. The van der Waals surface area contributed by atoms with Gasteiger partial charge in [-0.3, -0.25) is 14.2 Å². The van der Waals surface area contributed by atoms with Crippen LogP contribution in [0.15, 0.2) is 58.8 Å². The van der Waals surface area contributed by atoms with Gasteiger partial charge in [0.2, 0.25) is 5.91 Å². The van der Waals surface area contributed by atoms with Gasteiger partial charge in [-0.15, -0.1) is 11.3 Å². The number of nitrogens with one attached hydrogen (secondary N) is 3. The third kappa shape index (κ3) is 5.67. The molecule has 0 aliphatic rings. The maximum Gasteiger partial charge on any atom is 0.272 e. The summed E-state index contributed by atoms with van der Waals surface area (Å²) in [7, 11) is -2.07. The number of hydrogen-bond donors (Lipinski definition) is 3. The molecule has 0 fully saturated rings. The first kappa shape index (κ1) is 25.2. The van der Waals surface area contributed by atoms with Crippen LogP contribution in [0.5, 0.6) is 0 Å². The van der Waals surface area contributed by atoms with Gasteiger partial charge in [0.15, 0.2) is 5.82 Å².